The van der Waals surface area contributed by atoms with Crippen LogP contribution < -0.4 is 5.73 Å². The maximum Gasteiger partial charge on any atom is 0.180 e. The van der Waals surface area contributed by atoms with Crippen molar-refractivity contribution < 1.29 is 5.11 Å². The molecule has 0 saturated heterocycles. The van der Waals surface area contributed by atoms with E-state index in [0.717, 1.165) is 10.4 Å². The minimum Gasteiger partial charge on any atom is -0.508 e. The van der Waals surface area contributed by atoms with Crippen LogP contribution in [-0.2, 0) is 0 Å². The number of hydrogen-bond donors (Lipinski definition) is 2. The monoisotopic (exact) mass is 192 g/mol. The molecule has 0 saturated carbocycles. The molecule has 0 radical (unpaired) electrons. The lowest BCUT2D eigenvalue weighted by molar-refractivity contribution is 0.475. The molecule has 0 aliphatic heterocycles. The molecule has 0 unspecified atom stereocenters. The Morgan fingerprint density at radius 2 is 1.92 bits per heavy atom. The molecule has 0 atom stereocenters. The molecule has 2 rings (SSSR count). The lowest BCUT2D eigenvalue weighted by atomic mass is 10.2. The van der Waals surface area contributed by atoms with Gasteiger partial charge in [0, 0.05) is 6.20 Å². The summed E-state index contributed by atoms with van der Waals surface area (Å²) in [6, 6.07) is 6.96. The molecule has 4 heteroatoms. The second-order valence-electron chi connectivity index (χ2n) is 2.61. The molecular formula is C9H8N2OS. The Morgan fingerprint density at radius 1 is 1.23 bits per heavy atom. The van der Waals surface area contributed by atoms with Gasteiger partial charge in [0.15, 0.2) is 5.13 Å². The first-order valence-corrected chi connectivity index (χ1v) is 4.58. The standard InChI is InChI=1S/C9H8N2OS/c10-9-11-5-8(13-9)6-1-3-7(12)4-2-6/h1-5,12H,(H2,10,11). The highest BCUT2D eigenvalue weighted by Crippen LogP contribution is 2.28. The number of nitrogens with zero attached hydrogens (tertiary/aromatic N) is 1. The first kappa shape index (κ1) is 8.07. The van der Waals surface area contributed by atoms with Crippen molar-refractivity contribution in [2.24, 2.45) is 0 Å². The predicted octanol–water partition coefficient (Wildman–Crippen LogP) is 2.10. The Morgan fingerprint density at radius 3 is 2.46 bits per heavy atom. The molecule has 0 aliphatic carbocycles. The van der Waals surface area contributed by atoms with E-state index in [9.17, 15) is 0 Å². The lowest BCUT2D eigenvalue weighted by Crippen LogP contribution is -1.77. The number of thiazole rings is 1. The minimum atomic E-state index is 0.265. The molecule has 3 nitrogen and oxygen atoms in total. The fourth-order valence-electron chi connectivity index (χ4n) is 1.05. The second kappa shape index (κ2) is 3.06. The zero-order chi connectivity index (χ0) is 9.26. The quantitative estimate of drug-likeness (QED) is 0.727. The molecule has 2 aromatic rings. The first-order chi connectivity index (χ1) is 6.25. The largest absolute Gasteiger partial charge is 0.508 e. The number of anilines is 1. The summed E-state index contributed by atoms with van der Waals surface area (Å²) in [6.45, 7) is 0. The molecule has 1 aromatic heterocycles. The van der Waals surface area contributed by atoms with E-state index in [0.29, 0.717) is 5.13 Å². The van der Waals surface area contributed by atoms with Gasteiger partial charge in [-0.3, -0.25) is 0 Å². The molecule has 1 aromatic carbocycles. The first-order valence-electron chi connectivity index (χ1n) is 3.76. The van der Waals surface area contributed by atoms with Gasteiger partial charge in [0.05, 0.1) is 4.88 Å². The van der Waals surface area contributed by atoms with E-state index < -0.39 is 0 Å². The van der Waals surface area contributed by atoms with E-state index in [-0.39, 0.29) is 5.75 Å². The van der Waals surface area contributed by atoms with E-state index in [4.69, 9.17) is 10.8 Å². The van der Waals surface area contributed by atoms with Crippen molar-refractivity contribution in [2.75, 3.05) is 5.73 Å². The second-order valence-corrected chi connectivity index (χ2v) is 3.67. The maximum atomic E-state index is 9.07. The molecule has 0 fully saturated rings. The Kier molecular flexibility index (Phi) is 1.90. The van der Waals surface area contributed by atoms with Gasteiger partial charge < -0.3 is 10.8 Å². The van der Waals surface area contributed by atoms with E-state index in [1.165, 1.54) is 11.3 Å². The number of rotatable bonds is 1. The van der Waals surface area contributed by atoms with E-state index in [2.05, 4.69) is 4.98 Å². The van der Waals surface area contributed by atoms with Gasteiger partial charge in [-0.2, -0.15) is 0 Å². The number of benzene rings is 1. The Balaban J connectivity index is 2.41. The van der Waals surface area contributed by atoms with E-state index in [1.54, 1.807) is 18.3 Å². The smallest absolute Gasteiger partial charge is 0.180 e. The fourth-order valence-corrected chi connectivity index (χ4v) is 1.74. The highest BCUT2D eigenvalue weighted by molar-refractivity contribution is 7.18. The van der Waals surface area contributed by atoms with Crippen molar-refractivity contribution >= 4 is 16.5 Å². The van der Waals surface area contributed by atoms with Crippen molar-refractivity contribution in [2.45, 2.75) is 0 Å². The van der Waals surface area contributed by atoms with Crippen molar-refractivity contribution in [3.05, 3.63) is 30.5 Å². The van der Waals surface area contributed by atoms with Gasteiger partial charge in [-0.25, -0.2) is 4.98 Å². The van der Waals surface area contributed by atoms with Gasteiger partial charge in [-0.15, -0.1) is 0 Å². The number of nitrogens with two attached hydrogens (primary N) is 1. The number of nitrogen functional groups attached to an aromatic ring is 1. The van der Waals surface area contributed by atoms with Gasteiger partial charge in [-0.1, -0.05) is 11.3 Å². The van der Waals surface area contributed by atoms with Crippen LogP contribution >= 0.6 is 11.3 Å². The van der Waals surface area contributed by atoms with E-state index in [1.807, 2.05) is 12.1 Å². The lowest BCUT2D eigenvalue weighted by Gasteiger charge is -1.95. The van der Waals surface area contributed by atoms with Crippen molar-refractivity contribution in [1.82, 2.24) is 4.98 Å². The third-order valence-corrected chi connectivity index (χ3v) is 2.55. The zero-order valence-corrected chi connectivity index (χ0v) is 7.58. The van der Waals surface area contributed by atoms with Crippen LogP contribution in [0, 0.1) is 0 Å². The summed E-state index contributed by atoms with van der Waals surface area (Å²) in [4.78, 5) is 4.96. The SMILES string of the molecule is Nc1ncc(-c2ccc(O)cc2)s1. The summed E-state index contributed by atoms with van der Waals surface area (Å²) >= 11 is 1.43. The minimum absolute atomic E-state index is 0.265. The zero-order valence-electron chi connectivity index (χ0n) is 6.77. The number of phenolic OH excluding ortho intramolecular Hbond substituents is 1. The van der Waals surface area contributed by atoms with Gasteiger partial charge in [0.25, 0.3) is 0 Å². The summed E-state index contributed by atoms with van der Waals surface area (Å²) in [7, 11) is 0. The van der Waals surface area contributed by atoms with Crippen LogP contribution in [0.3, 0.4) is 0 Å². The summed E-state index contributed by atoms with van der Waals surface area (Å²) in [5.74, 6) is 0.265. The van der Waals surface area contributed by atoms with Gasteiger partial charge in [0.2, 0.25) is 0 Å². The van der Waals surface area contributed by atoms with Crippen molar-refractivity contribution in [1.29, 1.82) is 0 Å². The molecule has 0 aliphatic rings. The third-order valence-electron chi connectivity index (χ3n) is 1.68. The summed E-state index contributed by atoms with van der Waals surface area (Å²) in [5.41, 5.74) is 6.52. The van der Waals surface area contributed by atoms with Crippen LogP contribution in [0.15, 0.2) is 30.5 Å². The average Bonchev–Trinajstić information content (AvgIpc) is 2.53. The number of aromatic nitrogens is 1. The van der Waals surface area contributed by atoms with Crippen LogP contribution in [-0.4, -0.2) is 10.1 Å². The van der Waals surface area contributed by atoms with Gasteiger partial charge in [-0.05, 0) is 29.8 Å². The maximum absolute atomic E-state index is 9.07. The van der Waals surface area contributed by atoms with Crippen LogP contribution in [0.4, 0.5) is 5.13 Å². The molecule has 0 spiro atoms. The van der Waals surface area contributed by atoms with Crippen LogP contribution in [0.2, 0.25) is 0 Å². The molecular weight excluding hydrogens is 184 g/mol. The summed E-state index contributed by atoms with van der Waals surface area (Å²) < 4.78 is 0. The molecule has 0 bridgehead atoms. The normalized spacial score (nSPS) is 10.2. The van der Waals surface area contributed by atoms with Crippen LogP contribution in [0.5, 0.6) is 5.75 Å². The topological polar surface area (TPSA) is 59.1 Å². The highest BCUT2D eigenvalue weighted by Gasteiger charge is 2.01. The Hall–Kier alpha value is -1.55. The van der Waals surface area contributed by atoms with E-state index >= 15 is 0 Å². The Labute approximate surface area is 79.5 Å². The van der Waals surface area contributed by atoms with Crippen LogP contribution in [0.1, 0.15) is 0 Å². The fraction of sp³-hybridized carbons (Fsp3) is 0. The molecule has 0 amide bonds. The number of aromatic hydroxyl groups is 1. The van der Waals surface area contributed by atoms with Gasteiger partial charge in [0.1, 0.15) is 5.75 Å². The van der Waals surface area contributed by atoms with Crippen molar-refractivity contribution in [3.8, 4) is 16.2 Å². The van der Waals surface area contributed by atoms with Crippen molar-refractivity contribution in [3.63, 3.8) is 0 Å². The molecule has 1 heterocycles. The third kappa shape index (κ3) is 1.62. The summed E-state index contributed by atoms with van der Waals surface area (Å²) in [5, 5.41) is 9.63. The Bertz CT molecular complexity index is 408. The molecule has 3 N–H and O–H groups in total. The van der Waals surface area contributed by atoms with Gasteiger partial charge >= 0.3 is 0 Å². The van der Waals surface area contributed by atoms with Crippen LogP contribution in [0.25, 0.3) is 10.4 Å². The molecule has 13 heavy (non-hydrogen) atoms. The average molecular weight is 192 g/mol. The predicted molar refractivity (Wildman–Crippen MR) is 53.6 cm³/mol. The number of hydrogen-bond acceptors (Lipinski definition) is 4. The summed E-state index contributed by atoms with van der Waals surface area (Å²) in [6.07, 6.45) is 1.73. The number of phenols is 1. The highest BCUT2D eigenvalue weighted by atomic mass is 32.1. The molecule has 66 valence electrons.